The zero-order valence-corrected chi connectivity index (χ0v) is 23.5. The van der Waals surface area contributed by atoms with Gasteiger partial charge in [-0.05, 0) is 78.2 Å². The molecule has 1 saturated carbocycles. The van der Waals surface area contributed by atoms with Gasteiger partial charge in [0, 0.05) is 52.6 Å². The van der Waals surface area contributed by atoms with E-state index in [1.54, 1.807) is 6.07 Å². The molecule has 0 unspecified atom stereocenters. The van der Waals surface area contributed by atoms with Gasteiger partial charge in [-0.1, -0.05) is 11.6 Å². The largest absolute Gasteiger partial charge is 0.482 e. The highest BCUT2D eigenvalue weighted by atomic mass is 35.5. The Balaban J connectivity index is 1.55. The first-order chi connectivity index (χ1) is 17.6. The third-order valence-electron chi connectivity index (χ3n) is 7.78. The Bertz CT molecular complexity index is 1260. The van der Waals surface area contributed by atoms with Gasteiger partial charge in [-0.15, -0.1) is 0 Å². The molecule has 0 spiro atoms. The number of carbonyl (C=O) groups is 1. The molecule has 0 saturated heterocycles. The van der Waals surface area contributed by atoms with Crippen LogP contribution in [0.4, 0.5) is 11.5 Å². The molecule has 200 valence electrons. The van der Waals surface area contributed by atoms with E-state index in [4.69, 9.17) is 16.3 Å². The van der Waals surface area contributed by atoms with Crippen LogP contribution >= 0.6 is 11.6 Å². The lowest BCUT2D eigenvalue weighted by Crippen LogP contribution is -2.42. The van der Waals surface area contributed by atoms with Crippen LogP contribution in [0.3, 0.4) is 0 Å². The number of rotatable bonds is 8. The summed E-state index contributed by atoms with van der Waals surface area (Å²) in [6.45, 7) is 6.88. The highest BCUT2D eigenvalue weighted by molar-refractivity contribution is 6.31. The molecule has 1 aromatic carbocycles. The third-order valence-corrected chi connectivity index (χ3v) is 8.00. The van der Waals surface area contributed by atoms with Gasteiger partial charge < -0.3 is 24.8 Å². The molecule has 1 fully saturated rings. The molecule has 4 rings (SSSR count). The fourth-order valence-corrected chi connectivity index (χ4v) is 5.92. The number of amides is 1. The van der Waals surface area contributed by atoms with Crippen molar-refractivity contribution in [3.63, 3.8) is 0 Å². The summed E-state index contributed by atoms with van der Waals surface area (Å²) < 4.78 is 5.42. The topological polar surface area (TPSA) is 90.0 Å². The van der Waals surface area contributed by atoms with Gasteiger partial charge in [0.05, 0.1) is 19.2 Å². The van der Waals surface area contributed by atoms with Crippen molar-refractivity contribution in [1.82, 2.24) is 15.2 Å². The number of fused-ring (bicyclic) bond motifs is 1. The van der Waals surface area contributed by atoms with Crippen LogP contribution in [0.25, 0.3) is 0 Å². The van der Waals surface area contributed by atoms with E-state index in [1.165, 1.54) is 7.11 Å². The number of nitrogens with one attached hydrogen (secondary N) is 2. The first-order valence-corrected chi connectivity index (χ1v) is 13.4. The second-order valence-electron chi connectivity index (χ2n) is 10.3. The predicted octanol–water partition coefficient (Wildman–Crippen LogP) is 4.62. The van der Waals surface area contributed by atoms with Crippen LogP contribution in [0.5, 0.6) is 5.88 Å². The molecule has 2 heterocycles. The molecule has 8 nitrogen and oxygen atoms in total. The van der Waals surface area contributed by atoms with Gasteiger partial charge in [-0.2, -0.15) is 0 Å². The Morgan fingerprint density at radius 3 is 2.49 bits per heavy atom. The molecule has 1 amide bonds. The van der Waals surface area contributed by atoms with Gasteiger partial charge in [0.1, 0.15) is 5.82 Å². The van der Waals surface area contributed by atoms with Crippen molar-refractivity contribution in [2.24, 2.45) is 4.99 Å². The minimum Gasteiger partial charge on any atom is -0.482 e. The molecule has 37 heavy (non-hydrogen) atoms. The van der Waals surface area contributed by atoms with Crippen LogP contribution in [-0.4, -0.2) is 61.3 Å². The number of hydrogen-bond donors (Lipinski definition) is 2. The summed E-state index contributed by atoms with van der Waals surface area (Å²) >= 11 is 6.54. The van der Waals surface area contributed by atoms with Gasteiger partial charge in [-0.3, -0.25) is 9.59 Å². The lowest BCUT2D eigenvalue weighted by molar-refractivity contribution is 0.0950. The lowest BCUT2D eigenvalue weighted by atomic mass is 9.89. The van der Waals surface area contributed by atoms with Crippen molar-refractivity contribution >= 4 is 34.7 Å². The quantitative estimate of drug-likeness (QED) is 0.522. The number of hydrogen-bond acceptors (Lipinski definition) is 6. The zero-order valence-electron chi connectivity index (χ0n) is 22.7. The summed E-state index contributed by atoms with van der Waals surface area (Å²) in [4.78, 5) is 38.7. The van der Waals surface area contributed by atoms with E-state index in [0.717, 1.165) is 49.2 Å². The Labute approximate surface area is 224 Å². The van der Waals surface area contributed by atoms with E-state index >= 15 is 0 Å². The van der Waals surface area contributed by atoms with Gasteiger partial charge in [0.25, 0.3) is 5.91 Å². The van der Waals surface area contributed by atoms with E-state index in [2.05, 4.69) is 46.1 Å². The highest BCUT2D eigenvalue weighted by Gasteiger charge is 2.28. The molecule has 2 aliphatic rings. The lowest BCUT2D eigenvalue weighted by Gasteiger charge is -2.40. The summed E-state index contributed by atoms with van der Waals surface area (Å²) in [6, 6.07) is 4.69. The molecule has 0 atom stereocenters. The second kappa shape index (κ2) is 11.3. The fourth-order valence-electron chi connectivity index (χ4n) is 5.71. The number of methoxy groups -OCH3 is 1. The molecule has 9 heteroatoms. The molecule has 1 aliphatic carbocycles. The first kappa shape index (κ1) is 27.2. The summed E-state index contributed by atoms with van der Waals surface area (Å²) in [5.74, 6) is 0.573. The van der Waals surface area contributed by atoms with Crippen LogP contribution in [0.1, 0.15) is 66.6 Å². The number of carbonyl (C=O) groups excluding carboxylic acids is 1. The Morgan fingerprint density at radius 2 is 1.86 bits per heavy atom. The van der Waals surface area contributed by atoms with E-state index in [0.29, 0.717) is 51.9 Å². The van der Waals surface area contributed by atoms with Crippen molar-refractivity contribution < 1.29 is 9.53 Å². The first-order valence-electron chi connectivity index (χ1n) is 13.0. The van der Waals surface area contributed by atoms with Crippen LogP contribution in [-0.2, 0) is 13.0 Å². The molecule has 0 bridgehead atoms. The number of benzene rings is 1. The van der Waals surface area contributed by atoms with Crippen LogP contribution in [0.15, 0.2) is 21.9 Å². The van der Waals surface area contributed by atoms with Crippen molar-refractivity contribution in [3.8, 4) is 5.88 Å². The Morgan fingerprint density at radius 1 is 1.19 bits per heavy atom. The molecule has 0 radical (unpaired) electrons. The average Bonchev–Trinajstić information content (AvgIpc) is 3.26. The summed E-state index contributed by atoms with van der Waals surface area (Å²) in [7, 11) is 5.79. The number of pyridine rings is 1. The molecular weight excluding hydrogens is 490 g/mol. The van der Waals surface area contributed by atoms with E-state index < -0.39 is 0 Å². The fraction of sp³-hybridized carbons (Fsp3) is 0.536. The second-order valence-corrected chi connectivity index (χ2v) is 10.7. The number of anilines is 1. The number of aromatic amines is 1. The van der Waals surface area contributed by atoms with E-state index in [-0.39, 0.29) is 17.9 Å². The average molecular weight is 528 g/mol. The zero-order chi connectivity index (χ0) is 26.9. The minimum absolute atomic E-state index is 0.0387. The van der Waals surface area contributed by atoms with Gasteiger partial charge >= 0.3 is 0 Å². The Hall–Kier alpha value is -2.84. The van der Waals surface area contributed by atoms with Crippen molar-refractivity contribution in [3.05, 3.63) is 49.6 Å². The van der Waals surface area contributed by atoms with E-state index in [9.17, 15) is 9.59 Å². The highest BCUT2D eigenvalue weighted by Crippen LogP contribution is 2.34. The number of aliphatic imine (C=N–C) groups is 1. The normalized spacial score (nSPS) is 19.0. The van der Waals surface area contributed by atoms with Crippen molar-refractivity contribution in [1.29, 1.82) is 0 Å². The molecular formula is C28H38ClN5O3. The standard InChI is InChI=1S/C28H38ClN5O3/c1-7-34(20-10-8-19(9-11-20)33(4)5)24-14-18(29)13-21(17(24)3)27(36)30-15-23-25(35)22-12-16(2)31-26(22)32-28(23)37-6/h13-14,19-20H,7-12,15H2,1-6H3,(H,30,36)(H,32,35). The van der Waals surface area contributed by atoms with Gasteiger partial charge in [0.15, 0.2) is 5.43 Å². The Kier molecular flexibility index (Phi) is 8.29. The van der Waals surface area contributed by atoms with Gasteiger partial charge in [-0.25, -0.2) is 4.99 Å². The van der Waals surface area contributed by atoms with Crippen LogP contribution in [0, 0.1) is 6.92 Å². The van der Waals surface area contributed by atoms with Crippen molar-refractivity contribution in [2.45, 2.75) is 71.5 Å². The van der Waals surface area contributed by atoms with Crippen LogP contribution in [0.2, 0.25) is 5.02 Å². The molecule has 2 N–H and O–H groups in total. The smallest absolute Gasteiger partial charge is 0.251 e. The summed E-state index contributed by atoms with van der Waals surface area (Å²) in [5, 5.41) is 3.44. The predicted molar refractivity (Wildman–Crippen MR) is 150 cm³/mol. The van der Waals surface area contributed by atoms with E-state index in [1.807, 2.05) is 19.9 Å². The SMILES string of the molecule is CCN(c1cc(Cl)cc(C(=O)NCc2c(OC)[nH]c3c(c2=O)CC(C)=N3)c1C)C1CCC(N(C)C)CC1. The number of halogens is 1. The molecule has 2 aromatic rings. The number of nitrogens with zero attached hydrogens (tertiary/aromatic N) is 3. The maximum Gasteiger partial charge on any atom is 0.251 e. The number of aromatic nitrogens is 1. The number of H-pyrrole nitrogens is 1. The molecule has 1 aliphatic heterocycles. The maximum atomic E-state index is 13.4. The number of ether oxygens (including phenoxy) is 1. The third kappa shape index (κ3) is 5.55. The van der Waals surface area contributed by atoms with Crippen molar-refractivity contribution in [2.75, 3.05) is 32.6 Å². The summed E-state index contributed by atoms with van der Waals surface area (Å²) in [5.41, 5.74) is 4.09. The van der Waals surface area contributed by atoms with Gasteiger partial charge in [0.2, 0.25) is 5.88 Å². The summed E-state index contributed by atoms with van der Waals surface area (Å²) in [6.07, 6.45) is 5.02. The molecule has 1 aromatic heterocycles. The maximum absolute atomic E-state index is 13.4. The monoisotopic (exact) mass is 527 g/mol. The van der Waals surface area contributed by atoms with Crippen LogP contribution < -0.4 is 20.4 Å². The minimum atomic E-state index is -0.275.